The van der Waals surface area contributed by atoms with Gasteiger partial charge in [0, 0.05) is 18.8 Å². The highest BCUT2D eigenvalue weighted by atomic mass is 16.5. The summed E-state index contributed by atoms with van der Waals surface area (Å²) in [6.45, 7) is 5.00. The van der Waals surface area contributed by atoms with Crippen LogP contribution in [0, 0.1) is 6.92 Å². The average Bonchev–Trinajstić information content (AvgIpc) is 2.82. The van der Waals surface area contributed by atoms with Crippen molar-refractivity contribution in [3.63, 3.8) is 0 Å². The minimum absolute atomic E-state index is 0.230. The molecule has 19 heavy (non-hydrogen) atoms. The molecule has 2 heterocycles. The van der Waals surface area contributed by atoms with E-state index >= 15 is 0 Å². The second-order valence-electron chi connectivity index (χ2n) is 4.95. The summed E-state index contributed by atoms with van der Waals surface area (Å²) in [6.07, 6.45) is 1.98. The number of hydrazine groups is 1. The van der Waals surface area contributed by atoms with E-state index in [9.17, 15) is 4.79 Å². The minimum atomic E-state index is -0.271. The molecular formula is C12H19N5O2. The van der Waals surface area contributed by atoms with Crippen LogP contribution in [0.25, 0.3) is 0 Å². The Kier molecular flexibility index (Phi) is 3.96. The normalized spacial score (nSPS) is 22.3. The molecule has 1 amide bonds. The summed E-state index contributed by atoms with van der Waals surface area (Å²) in [4.78, 5) is 20.1. The summed E-state index contributed by atoms with van der Waals surface area (Å²) in [5.41, 5.74) is 3.04. The third-order valence-corrected chi connectivity index (χ3v) is 3.14. The Morgan fingerprint density at radius 3 is 3.00 bits per heavy atom. The largest absolute Gasteiger partial charge is 0.373 e. The number of hydrogen-bond donors (Lipinski definition) is 3. The molecule has 0 aromatic carbocycles. The van der Waals surface area contributed by atoms with Gasteiger partial charge in [-0.2, -0.15) is 0 Å². The first-order valence-electron chi connectivity index (χ1n) is 6.27. The molecule has 0 spiro atoms. The molecule has 0 radical (unpaired) electrons. The standard InChI is InChI=1S/C12H19N5O2/c1-8-6-9(16-11(15-8)17-13)10(18)14-7-12(2)4-3-5-19-12/h6H,3-5,7,13H2,1-2H3,(H,14,18)(H,15,16,17). The maximum atomic E-state index is 12.0. The summed E-state index contributed by atoms with van der Waals surface area (Å²) in [5.74, 6) is 5.23. The highest BCUT2D eigenvalue weighted by Gasteiger charge is 2.30. The number of amides is 1. The predicted molar refractivity (Wildman–Crippen MR) is 70.5 cm³/mol. The molecule has 0 aliphatic carbocycles. The summed E-state index contributed by atoms with van der Waals surface area (Å²) < 4.78 is 5.62. The molecule has 1 aromatic heterocycles. The van der Waals surface area contributed by atoms with Crippen LogP contribution in [-0.4, -0.2) is 34.6 Å². The highest BCUT2D eigenvalue weighted by molar-refractivity contribution is 5.92. The molecule has 7 nitrogen and oxygen atoms in total. The molecule has 1 atom stereocenters. The lowest BCUT2D eigenvalue weighted by Gasteiger charge is -2.23. The van der Waals surface area contributed by atoms with Crippen LogP contribution < -0.4 is 16.6 Å². The molecule has 1 aliphatic rings. The van der Waals surface area contributed by atoms with Crippen molar-refractivity contribution in [2.45, 2.75) is 32.3 Å². The monoisotopic (exact) mass is 265 g/mol. The first-order chi connectivity index (χ1) is 9.02. The van der Waals surface area contributed by atoms with Gasteiger partial charge in [0.25, 0.3) is 5.91 Å². The Labute approximate surface area is 111 Å². The number of aromatic nitrogens is 2. The van der Waals surface area contributed by atoms with Crippen LogP contribution in [0.5, 0.6) is 0 Å². The fraction of sp³-hybridized carbons (Fsp3) is 0.583. The van der Waals surface area contributed by atoms with Crippen LogP contribution in [0.4, 0.5) is 5.95 Å². The van der Waals surface area contributed by atoms with E-state index in [1.807, 2.05) is 6.92 Å². The quantitative estimate of drug-likeness (QED) is 0.537. The lowest BCUT2D eigenvalue weighted by molar-refractivity contribution is 0.0205. The number of carbonyl (C=O) groups excluding carboxylic acids is 1. The maximum Gasteiger partial charge on any atom is 0.270 e. The van der Waals surface area contributed by atoms with Crippen LogP contribution in [-0.2, 0) is 4.74 Å². The van der Waals surface area contributed by atoms with Gasteiger partial charge in [0.2, 0.25) is 5.95 Å². The third kappa shape index (κ3) is 3.39. The molecule has 1 unspecified atom stereocenters. The Balaban J connectivity index is 2.01. The van der Waals surface area contributed by atoms with Crippen molar-refractivity contribution in [1.29, 1.82) is 0 Å². The van der Waals surface area contributed by atoms with Gasteiger partial charge in [-0.25, -0.2) is 15.8 Å². The van der Waals surface area contributed by atoms with Crippen molar-refractivity contribution in [2.75, 3.05) is 18.6 Å². The molecule has 0 bridgehead atoms. The van der Waals surface area contributed by atoms with Crippen molar-refractivity contribution >= 4 is 11.9 Å². The van der Waals surface area contributed by atoms with E-state index in [2.05, 4.69) is 20.7 Å². The van der Waals surface area contributed by atoms with Crippen molar-refractivity contribution in [2.24, 2.45) is 5.84 Å². The molecule has 2 rings (SSSR count). The van der Waals surface area contributed by atoms with Gasteiger partial charge < -0.3 is 10.1 Å². The van der Waals surface area contributed by atoms with Crippen molar-refractivity contribution < 1.29 is 9.53 Å². The fourth-order valence-corrected chi connectivity index (χ4v) is 2.08. The fourth-order valence-electron chi connectivity index (χ4n) is 2.08. The van der Waals surface area contributed by atoms with E-state index in [0.29, 0.717) is 17.9 Å². The predicted octanol–water partition coefficient (Wildman–Crippen LogP) is 0.370. The smallest absolute Gasteiger partial charge is 0.270 e. The van der Waals surface area contributed by atoms with E-state index in [1.54, 1.807) is 13.0 Å². The second-order valence-corrected chi connectivity index (χ2v) is 4.95. The number of nitrogens with one attached hydrogen (secondary N) is 2. The number of nitrogens with two attached hydrogens (primary N) is 1. The number of rotatable bonds is 4. The van der Waals surface area contributed by atoms with E-state index in [0.717, 1.165) is 19.4 Å². The zero-order valence-electron chi connectivity index (χ0n) is 11.2. The van der Waals surface area contributed by atoms with Crippen LogP contribution in [0.1, 0.15) is 35.9 Å². The van der Waals surface area contributed by atoms with Gasteiger partial charge in [-0.1, -0.05) is 0 Å². The lowest BCUT2D eigenvalue weighted by atomic mass is 10.0. The molecule has 1 saturated heterocycles. The minimum Gasteiger partial charge on any atom is -0.373 e. The number of nitrogens with zero attached hydrogens (tertiary/aromatic N) is 2. The Hall–Kier alpha value is -1.73. The molecule has 4 N–H and O–H groups in total. The maximum absolute atomic E-state index is 12.0. The zero-order chi connectivity index (χ0) is 13.9. The van der Waals surface area contributed by atoms with Gasteiger partial charge in [0.15, 0.2) is 0 Å². The van der Waals surface area contributed by atoms with Crippen LogP contribution in [0.15, 0.2) is 6.07 Å². The number of nitrogen functional groups attached to an aromatic ring is 1. The first kappa shape index (κ1) is 13.7. The topological polar surface area (TPSA) is 102 Å². The molecular weight excluding hydrogens is 246 g/mol. The number of aryl methyl sites for hydroxylation is 1. The van der Waals surface area contributed by atoms with Gasteiger partial charge in [0.1, 0.15) is 5.69 Å². The lowest BCUT2D eigenvalue weighted by Crippen LogP contribution is -2.40. The summed E-state index contributed by atoms with van der Waals surface area (Å²) in [6, 6.07) is 1.62. The van der Waals surface area contributed by atoms with Crippen LogP contribution in [0.3, 0.4) is 0 Å². The van der Waals surface area contributed by atoms with Crippen molar-refractivity contribution in [1.82, 2.24) is 15.3 Å². The van der Waals surface area contributed by atoms with Gasteiger partial charge in [-0.15, -0.1) is 0 Å². The van der Waals surface area contributed by atoms with Gasteiger partial charge >= 0.3 is 0 Å². The molecule has 1 fully saturated rings. The van der Waals surface area contributed by atoms with Crippen molar-refractivity contribution in [3.05, 3.63) is 17.5 Å². The summed E-state index contributed by atoms with van der Waals surface area (Å²) in [5, 5.41) is 2.84. The number of carbonyl (C=O) groups is 1. The Bertz CT molecular complexity index is 471. The van der Waals surface area contributed by atoms with E-state index in [-0.39, 0.29) is 17.5 Å². The van der Waals surface area contributed by atoms with E-state index in [4.69, 9.17) is 10.6 Å². The number of anilines is 1. The highest BCUT2D eigenvalue weighted by Crippen LogP contribution is 2.23. The zero-order valence-corrected chi connectivity index (χ0v) is 11.2. The first-order valence-corrected chi connectivity index (χ1v) is 6.27. The van der Waals surface area contributed by atoms with Crippen LogP contribution >= 0.6 is 0 Å². The summed E-state index contributed by atoms with van der Waals surface area (Å²) >= 11 is 0. The Morgan fingerprint density at radius 1 is 1.58 bits per heavy atom. The average molecular weight is 265 g/mol. The molecule has 7 heteroatoms. The molecule has 1 aliphatic heterocycles. The molecule has 104 valence electrons. The van der Waals surface area contributed by atoms with Gasteiger partial charge in [0.05, 0.1) is 5.60 Å². The van der Waals surface area contributed by atoms with E-state index in [1.165, 1.54) is 0 Å². The van der Waals surface area contributed by atoms with E-state index < -0.39 is 0 Å². The Morgan fingerprint density at radius 2 is 2.37 bits per heavy atom. The van der Waals surface area contributed by atoms with Gasteiger partial charge in [-0.05, 0) is 32.8 Å². The summed E-state index contributed by atoms with van der Waals surface area (Å²) in [7, 11) is 0. The third-order valence-electron chi connectivity index (χ3n) is 3.14. The van der Waals surface area contributed by atoms with Crippen molar-refractivity contribution in [3.8, 4) is 0 Å². The molecule has 0 saturated carbocycles. The van der Waals surface area contributed by atoms with Crippen LogP contribution in [0.2, 0.25) is 0 Å². The molecule has 1 aromatic rings. The SMILES string of the molecule is Cc1cc(C(=O)NCC2(C)CCCO2)nc(NN)n1. The number of hydrogen-bond acceptors (Lipinski definition) is 6. The van der Waals surface area contributed by atoms with Gasteiger partial charge in [-0.3, -0.25) is 10.2 Å². The number of ether oxygens (including phenoxy) is 1. The second kappa shape index (κ2) is 5.50.